The number of hydrogen-bond acceptors (Lipinski definition) is 3. The Morgan fingerprint density at radius 1 is 1.48 bits per heavy atom. The summed E-state index contributed by atoms with van der Waals surface area (Å²) >= 11 is 5.70. The van der Waals surface area contributed by atoms with Gasteiger partial charge in [0, 0.05) is 18.1 Å². The van der Waals surface area contributed by atoms with Gasteiger partial charge in [0.25, 0.3) is 0 Å². The number of carbonyl (C=O) groups is 1. The molecular formula is C13H17ClFNO4S. The van der Waals surface area contributed by atoms with Crippen molar-refractivity contribution in [2.45, 2.75) is 37.6 Å². The average Bonchev–Trinajstić information content (AvgIpc) is 2.39. The van der Waals surface area contributed by atoms with Gasteiger partial charge in [-0.1, -0.05) is 24.9 Å². The van der Waals surface area contributed by atoms with E-state index in [2.05, 4.69) is 0 Å². The van der Waals surface area contributed by atoms with Gasteiger partial charge in [0.1, 0.15) is 4.90 Å². The molecule has 1 N–H and O–H groups in total. The van der Waals surface area contributed by atoms with Crippen LogP contribution in [0.15, 0.2) is 17.0 Å². The minimum absolute atomic E-state index is 0.149. The van der Waals surface area contributed by atoms with Crippen LogP contribution in [-0.2, 0) is 10.0 Å². The van der Waals surface area contributed by atoms with Gasteiger partial charge >= 0.3 is 5.97 Å². The molecule has 5 nitrogen and oxygen atoms in total. The number of carboxylic acids is 1. The first-order valence-corrected chi connectivity index (χ1v) is 8.15. The summed E-state index contributed by atoms with van der Waals surface area (Å²) in [6, 6.07) is 1.47. The Morgan fingerprint density at radius 3 is 2.52 bits per heavy atom. The van der Waals surface area contributed by atoms with Crippen LogP contribution in [0.1, 0.15) is 37.0 Å². The molecule has 118 valence electrons. The molecule has 0 aliphatic rings. The Labute approximate surface area is 128 Å². The number of benzene rings is 1. The second kappa shape index (κ2) is 6.72. The summed E-state index contributed by atoms with van der Waals surface area (Å²) in [5.74, 6) is -2.88. The van der Waals surface area contributed by atoms with Gasteiger partial charge in [0.2, 0.25) is 10.0 Å². The number of halogens is 2. The highest BCUT2D eigenvalue weighted by atomic mass is 35.5. The smallest absolute Gasteiger partial charge is 0.338 e. The molecule has 0 fully saturated rings. The molecule has 0 heterocycles. The average molecular weight is 338 g/mol. The van der Waals surface area contributed by atoms with Crippen LogP contribution in [-0.4, -0.2) is 36.9 Å². The summed E-state index contributed by atoms with van der Waals surface area (Å²) in [4.78, 5) is 10.2. The van der Waals surface area contributed by atoms with Gasteiger partial charge in [-0.3, -0.25) is 0 Å². The monoisotopic (exact) mass is 337 g/mol. The Hall–Kier alpha value is -1.18. The Balaban J connectivity index is 3.42. The van der Waals surface area contributed by atoms with E-state index in [9.17, 15) is 17.6 Å². The van der Waals surface area contributed by atoms with Crippen molar-refractivity contribution in [3.05, 3.63) is 28.5 Å². The SMILES string of the molecule is CCCC(C)N(C)S(=O)(=O)c1cc(Cl)cc(C(=O)O)c1F. The van der Waals surface area contributed by atoms with E-state index in [1.54, 1.807) is 6.92 Å². The van der Waals surface area contributed by atoms with Gasteiger partial charge in [0.05, 0.1) is 5.56 Å². The van der Waals surface area contributed by atoms with Crippen molar-refractivity contribution in [3.8, 4) is 0 Å². The summed E-state index contributed by atoms with van der Waals surface area (Å²) in [6.45, 7) is 3.60. The molecule has 0 saturated heterocycles. The lowest BCUT2D eigenvalue weighted by Crippen LogP contribution is -2.35. The largest absolute Gasteiger partial charge is 0.478 e. The molecule has 0 aromatic heterocycles. The number of carboxylic acid groups (broad SMARTS) is 1. The minimum atomic E-state index is -4.16. The van der Waals surface area contributed by atoms with Crippen molar-refractivity contribution in [3.63, 3.8) is 0 Å². The second-order valence-corrected chi connectivity index (χ2v) is 7.13. The first-order valence-electron chi connectivity index (χ1n) is 6.33. The van der Waals surface area contributed by atoms with Crippen molar-refractivity contribution in [2.24, 2.45) is 0 Å². The Morgan fingerprint density at radius 2 is 2.05 bits per heavy atom. The van der Waals surface area contributed by atoms with Crippen LogP contribution in [0.2, 0.25) is 5.02 Å². The van der Waals surface area contributed by atoms with Gasteiger partial charge < -0.3 is 5.11 Å². The molecule has 1 aromatic rings. The van der Waals surface area contributed by atoms with Crippen LogP contribution in [0.5, 0.6) is 0 Å². The normalized spacial score (nSPS) is 13.4. The first-order chi connectivity index (χ1) is 9.62. The van der Waals surface area contributed by atoms with Gasteiger partial charge in [0.15, 0.2) is 5.82 Å². The van der Waals surface area contributed by atoms with Gasteiger partial charge in [-0.15, -0.1) is 0 Å². The van der Waals surface area contributed by atoms with Gasteiger partial charge in [-0.25, -0.2) is 17.6 Å². The summed E-state index contributed by atoms with van der Waals surface area (Å²) in [5.41, 5.74) is -0.766. The number of aromatic carboxylic acids is 1. The molecule has 0 bridgehead atoms. The van der Waals surface area contributed by atoms with E-state index in [0.717, 1.165) is 22.9 Å². The molecular weight excluding hydrogens is 321 g/mol. The van der Waals surface area contributed by atoms with Crippen LogP contribution < -0.4 is 0 Å². The van der Waals surface area contributed by atoms with E-state index in [0.29, 0.717) is 6.42 Å². The lowest BCUT2D eigenvalue weighted by Gasteiger charge is -2.24. The molecule has 0 aliphatic heterocycles. The molecule has 0 spiro atoms. The molecule has 1 unspecified atom stereocenters. The third-order valence-electron chi connectivity index (χ3n) is 3.22. The van der Waals surface area contributed by atoms with Crippen molar-refractivity contribution < 1.29 is 22.7 Å². The molecule has 8 heteroatoms. The predicted octanol–water partition coefficient (Wildman–Crippen LogP) is 2.99. The van der Waals surface area contributed by atoms with Gasteiger partial charge in [-0.2, -0.15) is 4.31 Å². The van der Waals surface area contributed by atoms with Crippen LogP contribution >= 0.6 is 11.6 Å². The maximum atomic E-state index is 14.2. The second-order valence-electron chi connectivity index (χ2n) is 4.73. The highest BCUT2D eigenvalue weighted by Gasteiger charge is 2.30. The number of nitrogens with zero attached hydrogens (tertiary/aromatic N) is 1. The van der Waals surface area contributed by atoms with E-state index in [-0.39, 0.29) is 11.1 Å². The molecule has 0 aliphatic carbocycles. The lowest BCUT2D eigenvalue weighted by atomic mass is 10.2. The highest BCUT2D eigenvalue weighted by molar-refractivity contribution is 7.89. The van der Waals surface area contributed by atoms with E-state index >= 15 is 0 Å². The molecule has 1 aromatic carbocycles. The molecule has 0 amide bonds. The molecule has 0 saturated carbocycles. The molecule has 1 rings (SSSR count). The topological polar surface area (TPSA) is 74.7 Å². The van der Waals surface area contributed by atoms with Gasteiger partial charge in [-0.05, 0) is 25.5 Å². The summed E-state index contributed by atoms with van der Waals surface area (Å²) in [6.07, 6.45) is 1.36. The van der Waals surface area contributed by atoms with E-state index in [4.69, 9.17) is 16.7 Å². The maximum absolute atomic E-state index is 14.2. The zero-order chi connectivity index (χ0) is 16.4. The fraction of sp³-hybridized carbons (Fsp3) is 0.462. The third-order valence-corrected chi connectivity index (χ3v) is 5.41. The van der Waals surface area contributed by atoms with E-state index in [1.165, 1.54) is 7.05 Å². The predicted molar refractivity (Wildman–Crippen MR) is 77.7 cm³/mol. The summed E-state index contributed by atoms with van der Waals surface area (Å²) in [5, 5.41) is 8.76. The minimum Gasteiger partial charge on any atom is -0.478 e. The number of rotatable bonds is 6. The zero-order valence-electron chi connectivity index (χ0n) is 11.9. The van der Waals surface area contributed by atoms with Crippen molar-refractivity contribution in [2.75, 3.05) is 7.05 Å². The first kappa shape index (κ1) is 17.9. The maximum Gasteiger partial charge on any atom is 0.338 e. The fourth-order valence-corrected chi connectivity index (χ4v) is 3.68. The molecule has 0 radical (unpaired) electrons. The Kier molecular flexibility index (Phi) is 5.72. The van der Waals surface area contributed by atoms with Crippen LogP contribution in [0.4, 0.5) is 4.39 Å². The van der Waals surface area contributed by atoms with Crippen molar-refractivity contribution in [1.29, 1.82) is 0 Å². The summed E-state index contributed by atoms with van der Waals surface area (Å²) in [7, 11) is -2.83. The fourth-order valence-electron chi connectivity index (χ4n) is 1.90. The standard InChI is InChI=1S/C13H17ClFNO4S/c1-4-5-8(2)16(3)21(19,20)11-7-9(14)6-10(12(11)15)13(17)18/h6-8H,4-5H2,1-3H3,(H,17,18). The van der Waals surface area contributed by atoms with E-state index in [1.807, 2.05) is 6.92 Å². The molecule has 21 heavy (non-hydrogen) atoms. The quantitative estimate of drug-likeness (QED) is 0.866. The van der Waals surface area contributed by atoms with Crippen LogP contribution in [0.25, 0.3) is 0 Å². The number of sulfonamides is 1. The third kappa shape index (κ3) is 3.72. The number of hydrogen-bond donors (Lipinski definition) is 1. The molecule has 1 atom stereocenters. The lowest BCUT2D eigenvalue weighted by molar-refractivity contribution is 0.0691. The van der Waals surface area contributed by atoms with Crippen LogP contribution in [0, 0.1) is 5.82 Å². The van der Waals surface area contributed by atoms with E-state index < -0.39 is 32.3 Å². The zero-order valence-corrected chi connectivity index (χ0v) is 13.5. The Bertz CT molecular complexity index is 648. The van der Waals surface area contributed by atoms with Crippen molar-refractivity contribution >= 4 is 27.6 Å². The highest BCUT2D eigenvalue weighted by Crippen LogP contribution is 2.27. The summed E-state index contributed by atoms with van der Waals surface area (Å²) < 4.78 is 40.0. The van der Waals surface area contributed by atoms with Crippen molar-refractivity contribution in [1.82, 2.24) is 4.31 Å². The van der Waals surface area contributed by atoms with Crippen LogP contribution in [0.3, 0.4) is 0 Å².